The lowest BCUT2D eigenvalue weighted by Crippen LogP contribution is -2.20. The Morgan fingerprint density at radius 2 is 2.05 bits per heavy atom. The third-order valence-electron chi connectivity index (χ3n) is 2.16. The predicted octanol–water partition coefficient (Wildman–Crippen LogP) is 3.62. The number of carbonyl (C=O) groups excluding carboxylic acids is 1. The highest BCUT2D eigenvalue weighted by Crippen LogP contribution is 2.17. The van der Waals surface area contributed by atoms with Gasteiger partial charge in [-0.2, -0.15) is 0 Å². The van der Waals surface area contributed by atoms with Gasteiger partial charge in [-0.1, -0.05) is 22.0 Å². The van der Waals surface area contributed by atoms with Gasteiger partial charge in [0.05, 0.1) is 6.20 Å². The highest BCUT2D eigenvalue weighted by atomic mass is 79.9. The van der Waals surface area contributed by atoms with Crippen molar-refractivity contribution in [3.8, 4) is 5.75 Å². The third kappa shape index (κ3) is 4.65. The number of hydrogen-bond acceptors (Lipinski definition) is 3. The highest BCUT2D eigenvalue weighted by Gasteiger charge is 2.04. The number of aromatic nitrogens is 1. The number of benzene rings is 1. The molecule has 1 amide bonds. The number of pyridine rings is 1. The Labute approximate surface area is 127 Å². The van der Waals surface area contributed by atoms with Crippen molar-refractivity contribution in [3.63, 3.8) is 0 Å². The quantitative estimate of drug-likeness (QED) is 0.874. The predicted molar refractivity (Wildman–Crippen MR) is 80.2 cm³/mol. The molecule has 19 heavy (non-hydrogen) atoms. The van der Waals surface area contributed by atoms with Crippen LogP contribution in [0.2, 0.25) is 0 Å². The summed E-state index contributed by atoms with van der Waals surface area (Å²) < 4.78 is 7.04. The fourth-order valence-electron chi connectivity index (χ4n) is 1.38. The maximum atomic E-state index is 11.7. The van der Waals surface area contributed by atoms with Gasteiger partial charge in [-0.15, -0.1) is 0 Å². The van der Waals surface area contributed by atoms with Gasteiger partial charge >= 0.3 is 0 Å². The number of amides is 1. The first-order valence-corrected chi connectivity index (χ1v) is 7.01. The number of halogens is 2. The second-order valence-electron chi connectivity index (χ2n) is 3.69. The normalized spacial score (nSPS) is 10.0. The molecular formula is C13H10Br2N2O2. The van der Waals surface area contributed by atoms with Crippen molar-refractivity contribution in [1.29, 1.82) is 0 Å². The molecule has 1 aromatic heterocycles. The van der Waals surface area contributed by atoms with Gasteiger partial charge in [-0.3, -0.25) is 9.78 Å². The summed E-state index contributed by atoms with van der Waals surface area (Å²) in [5.74, 6) is 0.317. The van der Waals surface area contributed by atoms with E-state index in [-0.39, 0.29) is 12.5 Å². The summed E-state index contributed by atoms with van der Waals surface area (Å²) in [5.41, 5.74) is 0.718. The van der Waals surface area contributed by atoms with Crippen molar-refractivity contribution >= 4 is 43.5 Å². The maximum absolute atomic E-state index is 11.7. The van der Waals surface area contributed by atoms with Crippen LogP contribution in [-0.4, -0.2) is 17.5 Å². The number of hydrogen-bond donors (Lipinski definition) is 1. The van der Waals surface area contributed by atoms with Gasteiger partial charge in [0.25, 0.3) is 5.91 Å². The number of nitrogens with one attached hydrogen (secondary N) is 1. The summed E-state index contributed by atoms with van der Waals surface area (Å²) in [6.45, 7) is -0.0648. The fraction of sp³-hybridized carbons (Fsp3) is 0.0769. The molecule has 2 rings (SSSR count). The minimum atomic E-state index is -0.224. The average molecular weight is 386 g/mol. The van der Waals surface area contributed by atoms with Crippen LogP contribution in [0.3, 0.4) is 0 Å². The van der Waals surface area contributed by atoms with Crippen LogP contribution in [0.4, 0.5) is 5.69 Å². The Kier molecular flexibility index (Phi) is 4.93. The summed E-state index contributed by atoms with van der Waals surface area (Å²) in [6.07, 6.45) is 3.20. The van der Waals surface area contributed by atoms with Gasteiger partial charge in [-0.05, 0) is 40.2 Å². The van der Waals surface area contributed by atoms with E-state index in [1.165, 1.54) is 0 Å². The molecule has 0 aliphatic rings. The Morgan fingerprint density at radius 1 is 1.21 bits per heavy atom. The van der Waals surface area contributed by atoms with Gasteiger partial charge in [0, 0.05) is 20.8 Å². The first kappa shape index (κ1) is 14.0. The lowest BCUT2D eigenvalue weighted by atomic mass is 10.3. The Morgan fingerprint density at radius 3 is 2.79 bits per heavy atom. The summed E-state index contributed by atoms with van der Waals surface area (Å²) in [7, 11) is 0. The molecule has 0 radical (unpaired) electrons. The first-order valence-electron chi connectivity index (χ1n) is 5.42. The second kappa shape index (κ2) is 6.68. The van der Waals surface area contributed by atoms with Crippen molar-refractivity contribution in [1.82, 2.24) is 4.98 Å². The monoisotopic (exact) mass is 384 g/mol. The highest BCUT2D eigenvalue weighted by molar-refractivity contribution is 9.10. The zero-order valence-corrected chi connectivity index (χ0v) is 12.9. The van der Waals surface area contributed by atoms with Crippen molar-refractivity contribution in [3.05, 3.63) is 51.7 Å². The van der Waals surface area contributed by atoms with Crippen LogP contribution in [0.15, 0.2) is 51.7 Å². The molecule has 0 unspecified atom stereocenters. The molecule has 1 aromatic carbocycles. The number of nitrogens with zero attached hydrogens (tertiary/aromatic N) is 1. The van der Waals surface area contributed by atoms with E-state index in [9.17, 15) is 4.79 Å². The van der Waals surface area contributed by atoms with Gasteiger partial charge in [0.15, 0.2) is 6.61 Å². The van der Waals surface area contributed by atoms with E-state index in [1.807, 2.05) is 24.3 Å². The molecule has 0 atom stereocenters. The lowest BCUT2D eigenvalue weighted by molar-refractivity contribution is -0.118. The van der Waals surface area contributed by atoms with Crippen molar-refractivity contribution < 1.29 is 9.53 Å². The Hall–Kier alpha value is -1.40. The van der Waals surface area contributed by atoms with E-state index < -0.39 is 0 Å². The van der Waals surface area contributed by atoms with Crippen LogP contribution in [-0.2, 0) is 4.79 Å². The summed E-state index contributed by atoms with van der Waals surface area (Å²) in [4.78, 5) is 15.6. The van der Waals surface area contributed by atoms with E-state index in [2.05, 4.69) is 42.2 Å². The smallest absolute Gasteiger partial charge is 0.262 e. The molecule has 4 nitrogen and oxygen atoms in total. The van der Waals surface area contributed by atoms with Crippen LogP contribution >= 0.6 is 31.9 Å². The van der Waals surface area contributed by atoms with E-state index in [0.717, 1.165) is 14.6 Å². The molecule has 1 N–H and O–H groups in total. The Balaban J connectivity index is 1.88. The van der Waals surface area contributed by atoms with Crippen LogP contribution in [0.25, 0.3) is 0 Å². The number of anilines is 1. The van der Waals surface area contributed by atoms with E-state index in [1.54, 1.807) is 18.5 Å². The minimum absolute atomic E-state index is 0.0648. The summed E-state index contributed by atoms with van der Waals surface area (Å²) in [5, 5.41) is 2.74. The minimum Gasteiger partial charge on any atom is -0.482 e. The van der Waals surface area contributed by atoms with Gasteiger partial charge in [0.2, 0.25) is 0 Å². The largest absolute Gasteiger partial charge is 0.482 e. The molecule has 6 heteroatoms. The molecule has 0 aliphatic heterocycles. The van der Waals surface area contributed by atoms with Gasteiger partial charge in [-0.25, -0.2) is 0 Å². The molecule has 0 bridgehead atoms. The maximum Gasteiger partial charge on any atom is 0.262 e. The molecule has 0 fully saturated rings. The zero-order valence-electron chi connectivity index (χ0n) is 9.77. The van der Waals surface area contributed by atoms with Crippen molar-refractivity contribution in [2.24, 2.45) is 0 Å². The Bertz CT molecular complexity index is 590. The SMILES string of the molecule is O=C(COc1cncc(Br)c1)Nc1cccc(Br)c1. The molecular weight excluding hydrogens is 376 g/mol. The van der Waals surface area contributed by atoms with Crippen LogP contribution < -0.4 is 10.1 Å². The van der Waals surface area contributed by atoms with E-state index in [0.29, 0.717) is 5.75 Å². The topological polar surface area (TPSA) is 51.2 Å². The van der Waals surface area contributed by atoms with Crippen LogP contribution in [0.1, 0.15) is 0 Å². The zero-order chi connectivity index (χ0) is 13.7. The second-order valence-corrected chi connectivity index (χ2v) is 5.52. The molecule has 98 valence electrons. The van der Waals surface area contributed by atoms with Crippen molar-refractivity contribution in [2.75, 3.05) is 11.9 Å². The molecule has 2 aromatic rings. The number of ether oxygens (including phenoxy) is 1. The summed E-state index contributed by atoms with van der Waals surface area (Å²) >= 11 is 6.62. The molecule has 0 aliphatic carbocycles. The summed E-state index contributed by atoms with van der Waals surface area (Å²) in [6, 6.07) is 9.11. The average Bonchev–Trinajstić information content (AvgIpc) is 2.36. The fourth-order valence-corrected chi connectivity index (χ4v) is 2.13. The van der Waals surface area contributed by atoms with Gasteiger partial charge < -0.3 is 10.1 Å². The van der Waals surface area contributed by atoms with Crippen LogP contribution in [0.5, 0.6) is 5.75 Å². The van der Waals surface area contributed by atoms with Crippen molar-refractivity contribution in [2.45, 2.75) is 0 Å². The molecule has 0 saturated carbocycles. The molecule has 0 spiro atoms. The van der Waals surface area contributed by atoms with Crippen LogP contribution in [0, 0.1) is 0 Å². The van der Waals surface area contributed by atoms with E-state index >= 15 is 0 Å². The molecule has 1 heterocycles. The van der Waals surface area contributed by atoms with E-state index in [4.69, 9.17) is 4.74 Å². The lowest BCUT2D eigenvalue weighted by Gasteiger charge is -2.07. The third-order valence-corrected chi connectivity index (χ3v) is 3.09. The number of rotatable bonds is 4. The van der Waals surface area contributed by atoms with Gasteiger partial charge in [0.1, 0.15) is 5.75 Å². The first-order chi connectivity index (χ1) is 9.13. The molecule has 0 saturated heterocycles. The number of carbonyl (C=O) groups is 1. The standard InChI is InChI=1S/C13H10Br2N2O2/c14-9-2-1-3-11(4-9)17-13(18)8-19-12-5-10(15)6-16-7-12/h1-7H,8H2,(H,17,18).